The van der Waals surface area contributed by atoms with Crippen LogP contribution in [0.2, 0.25) is 0 Å². The van der Waals surface area contributed by atoms with Crippen LogP contribution in [0.15, 0.2) is 91.5 Å². The van der Waals surface area contributed by atoms with Crippen LogP contribution in [-0.2, 0) is 34.1 Å². The van der Waals surface area contributed by atoms with Crippen LogP contribution in [0, 0.1) is 11.3 Å². The monoisotopic (exact) mass is 724 g/mol. The first-order chi connectivity index (χ1) is 25.9. The van der Waals surface area contributed by atoms with Gasteiger partial charge in [0.2, 0.25) is 5.91 Å². The van der Waals surface area contributed by atoms with E-state index in [1.54, 1.807) is 18.8 Å². The lowest BCUT2D eigenvalue weighted by atomic mass is 9.80. The molecule has 6 rings (SSSR count). The minimum Gasteiger partial charge on any atom is -0.497 e. The van der Waals surface area contributed by atoms with Crippen molar-refractivity contribution in [2.75, 3.05) is 46.3 Å². The molecule has 1 saturated heterocycles. The number of anilines is 1. The first-order valence-electron chi connectivity index (χ1n) is 16.8. The molecular weight excluding hydrogens is 684 g/mol. The molecule has 1 aliphatic rings. The predicted octanol–water partition coefficient (Wildman–Crippen LogP) is 4.32. The number of nitriles is 1. The van der Waals surface area contributed by atoms with Crippen LogP contribution < -0.4 is 14.8 Å². The van der Waals surface area contributed by atoms with Gasteiger partial charge in [-0.25, -0.2) is 15.0 Å². The highest BCUT2D eigenvalue weighted by atomic mass is 16.7. The van der Waals surface area contributed by atoms with Crippen molar-refractivity contribution in [3.8, 4) is 17.6 Å². The summed E-state index contributed by atoms with van der Waals surface area (Å²) in [6.07, 6.45) is -1.10. The number of nitrogens with zero attached hydrogens (tertiary/aromatic N) is 5. The van der Waals surface area contributed by atoms with Crippen LogP contribution in [0.3, 0.4) is 0 Å². The molecule has 53 heavy (non-hydrogen) atoms. The summed E-state index contributed by atoms with van der Waals surface area (Å²) < 4.78 is 43.0. The van der Waals surface area contributed by atoms with Crippen molar-refractivity contribution in [3.05, 3.63) is 108 Å². The molecule has 0 unspecified atom stereocenters. The van der Waals surface area contributed by atoms with E-state index in [1.165, 1.54) is 19.6 Å². The molecule has 3 heterocycles. The summed E-state index contributed by atoms with van der Waals surface area (Å²) in [6, 6.07) is 27.0. The molecule has 15 nitrogen and oxygen atoms in total. The number of amides is 1. The molecule has 1 aliphatic heterocycles. The minimum absolute atomic E-state index is 0.0959. The molecule has 0 radical (unpaired) electrons. The van der Waals surface area contributed by atoms with Gasteiger partial charge in [-0.05, 0) is 41.0 Å². The van der Waals surface area contributed by atoms with Crippen LogP contribution in [0.5, 0.6) is 11.5 Å². The van der Waals surface area contributed by atoms with E-state index in [4.69, 9.17) is 38.4 Å². The maximum Gasteiger partial charge on any atom is 0.222 e. The van der Waals surface area contributed by atoms with Gasteiger partial charge in [0.1, 0.15) is 55.3 Å². The number of aromatic nitrogens is 4. The molecule has 2 aromatic heterocycles. The average Bonchev–Trinajstić information content (AvgIpc) is 3.76. The fourth-order valence-corrected chi connectivity index (χ4v) is 6.23. The third kappa shape index (κ3) is 8.13. The van der Waals surface area contributed by atoms with Gasteiger partial charge in [-0.1, -0.05) is 54.6 Å². The highest BCUT2D eigenvalue weighted by Crippen LogP contribution is 2.43. The summed E-state index contributed by atoms with van der Waals surface area (Å²) in [6.45, 7) is 1.10. The van der Waals surface area contributed by atoms with E-state index in [1.807, 2.05) is 84.9 Å². The molecule has 1 fully saturated rings. The Kier molecular flexibility index (Phi) is 12.2. The maximum absolute atomic E-state index is 11.9. The number of hydrogen-bond acceptors (Lipinski definition) is 13. The van der Waals surface area contributed by atoms with Crippen LogP contribution in [0.4, 0.5) is 5.82 Å². The number of carbonyl (C=O) groups excluding carboxylic acids is 1. The number of aliphatic hydroxyl groups excluding tert-OH is 1. The number of imidazole rings is 1. The van der Waals surface area contributed by atoms with E-state index in [-0.39, 0.29) is 44.9 Å². The van der Waals surface area contributed by atoms with Crippen LogP contribution in [0.25, 0.3) is 11.2 Å². The van der Waals surface area contributed by atoms with Crippen molar-refractivity contribution < 1.29 is 43.1 Å². The molecule has 0 saturated carbocycles. The molecule has 2 N–H and O–H groups in total. The molecule has 5 aromatic rings. The van der Waals surface area contributed by atoms with Gasteiger partial charge in [0.05, 0.1) is 46.3 Å². The molecule has 1 amide bonds. The Morgan fingerprint density at radius 2 is 1.58 bits per heavy atom. The summed E-state index contributed by atoms with van der Waals surface area (Å²) in [4.78, 5) is 24.9. The molecule has 4 atom stereocenters. The second-order valence-electron chi connectivity index (χ2n) is 12.0. The number of hydrogen-bond donors (Lipinski definition) is 2. The van der Waals surface area contributed by atoms with Crippen LogP contribution >= 0.6 is 0 Å². The van der Waals surface area contributed by atoms with Gasteiger partial charge in [-0.2, -0.15) is 5.26 Å². The van der Waals surface area contributed by atoms with E-state index in [0.29, 0.717) is 22.7 Å². The zero-order chi connectivity index (χ0) is 37.2. The molecule has 0 bridgehead atoms. The smallest absolute Gasteiger partial charge is 0.222 e. The van der Waals surface area contributed by atoms with Crippen molar-refractivity contribution >= 4 is 22.9 Å². The summed E-state index contributed by atoms with van der Waals surface area (Å²) in [5.74, 6) is 1.26. The number of nitrogens with one attached hydrogen (secondary N) is 1. The van der Waals surface area contributed by atoms with Crippen molar-refractivity contribution in [2.45, 2.75) is 43.5 Å². The number of aliphatic hydroxyl groups is 1. The SMILES string of the molecule is COc1ccc(C(OC[C@H]2O[C@@H](n3cnc4c(NC(C)=O)ncnc43)[C@H](OCOCOCCC#N)[C@@H]2O)(c2ccccc2)c2ccc(OC)cc2)cc1. The first kappa shape index (κ1) is 37.3. The van der Waals surface area contributed by atoms with Gasteiger partial charge in [0, 0.05) is 6.92 Å². The average molecular weight is 725 g/mol. The molecule has 276 valence electrons. The number of rotatable bonds is 17. The topological polar surface area (TPSA) is 181 Å². The number of carbonyl (C=O) groups is 1. The lowest BCUT2D eigenvalue weighted by Gasteiger charge is -2.37. The standard InChI is InChI=1S/C38H40N6O9/c1-25(45)43-35-32-36(41-21-40-35)44(22-42-32)37-34(51-24-50-23-49-19-7-18-39)33(46)31(53-37)20-52-38(26-8-5-4-6-9-26,27-10-14-29(47-2)15-11-27)28-12-16-30(48-3)17-13-28/h4-6,8-17,21-22,31,33-34,37,46H,7,19-20,23-24H2,1-3H3,(H,40,41,43,45)/t31-,33-,34-,37-/m1/s1. The Morgan fingerprint density at radius 3 is 2.21 bits per heavy atom. The molecule has 15 heteroatoms. The second kappa shape index (κ2) is 17.4. The van der Waals surface area contributed by atoms with Gasteiger partial charge < -0.3 is 43.6 Å². The number of benzene rings is 3. The lowest BCUT2D eigenvalue weighted by molar-refractivity contribution is -0.174. The fourth-order valence-electron chi connectivity index (χ4n) is 6.23. The molecule has 0 spiro atoms. The maximum atomic E-state index is 11.9. The number of methoxy groups -OCH3 is 2. The van der Waals surface area contributed by atoms with Crippen LogP contribution in [0.1, 0.15) is 36.3 Å². The Bertz CT molecular complexity index is 1940. The summed E-state index contributed by atoms with van der Waals surface area (Å²) in [5, 5.41) is 23.3. The number of fused-ring (bicyclic) bond motifs is 1. The molecular formula is C38H40N6O9. The van der Waals surface area contributed by atoms with Gasteiger partial charge in [-0.3, -0.25) is 9.36 Å². The third-order valence-corrected chi connectivity index (χ3v) is 8.75. The van der Waals surface area contributed by atoms with Gasteiger partial charge in [-0.15, -0.1) is 0 Å². The molecule has 0 aliphatic carbocycles. The van der Waals surface area contributed by atoms with Crippen LogP contribution in [-0.4, -0.2) is 89.9 Å². The van der Waals surface area contributed by atoms with Gasteiger partial charge >= 0.3 is 0 Å². The van der Waals surface area contributed by atoms with Crippen molar-refractivity contribution in [3.63, 3.8) is 0 Å². The largest absolute Gasteiger partial charge is 0.497 e. The zero-order valence-corrected chi connectivity index (χ0v) is 29.5. The first-order valence-corrected chi connectivity index (χ1v) is 16.8. The lowest BCUT2D eigenvalue weighted by Crippen LogP contribution is -2.40. The summed E-state index contributed by atoms with van der Waals surface area (Å²) in [7, 11) is 3.21. The number of ether oxygens (including phenoxy) is 7. The van der Waals surface area contributed by atoms with E-state index in [9.17, 15) is 9.90 Å². The van der Waals surface area contributed by atoms with E-state index in [0.717, 1.165) is 16.7 Å². The van der Waals surface area contributed by atoms with E-state index < -0.39 is 30.1 Å². The van der Waals surface area contributed by atoms with E-state index in [2.05, 4.69) is 20.3 Å². The van der Waals surface area contributed by atoms with Gasteiger partial charge in [0.15, 0.2) is 23.2 Å². The Labute approximate surface area is 306 Å². The summed E-state index contributed by atoms with van der Waals surface area (Å²) >= 11 is 0. The fraction of sp³-hybridized carbons (Fsp3) is 0.342. The Morgan fingerprint density at radius 1 is 0.925 bits per heavy atom. The van der Waals surface area contributed by atoms with E-state index >= 15 is 0 Å². The normalized spacial score (nSPS) is 18.5. The van der Waals surface area contributed by atoms with Crippen molar-refractivity contribution in [2.24, 2.45) is 0 Å². The predicted molar refractivity (Wildman–Crippen MR) is 190 cm³/mol. The third-order valence-electron chi connectivity index (χ3n) is 8.75. The summed E-state index contributed by atoms with van der Waals surface area (Å²) in [5.41, 5.74) is 1.93. The quantitative estimate of drug-likeness (QED) is 0.0787. The highest BCUT2D eigenvalue weighted by Gasteiger charge is 2.48. The Hall–Kier alpha value is -5.47. The van der Waals surface area contributed by atoms with Crippen molar-refractivity contribution in [1.82, 2.24) is 19.5 Å². The second-order valence-corrected chi connectivity index (χ2v) is 12.0. The highest BCUT2D eigenvalue weighted by molar-refractivity contribution is 5.95. The van der Waals surface area contributed by atoms with Gasteiger partial charge in [0.25, 0.3) is 0 Å². The zero-order valence-electron chi connectivity index (χ0n) is 29.5. The minimum atomic E-state index is -1.22. The van der Waals surface area contributed by atoms with Crippen molar-refractivity contribution in [1.29, 1.82) is 5.26 Å². The Balaban J connectivity index is 1.35. The molecule has 3 aromatic carbocycles.